The van der Waals surface area contributed by atoms with Crippen molar-refractivity contribution >= 4 is 21.9 Å². The lowest BCUT2D eigenvalue weighted by molar-refractivity contribution is 0.406. The first kappa shape index (κ1) is 20.4. The molecule has 4 rings (SSSR count). The molecule has 0 atom stereocenters. The van der Waals surface area contributed by atoms with E-state index in [2.05, 4.69) is 12.1 Å². The summed E-state index contributed by atoms with van der Waals surface area (Å²) in [6.07, 6.45) is 4.62. The van der Waals surface area contributed by atoms with Gasteiger partial charge in [-0.2, -0.15) is 10.5 Å². The lowest BCUT2D eigenvalue weighted by Gasteiger charge is -2.01. The number of nitriles is 2. The molecule has 0 radical (unpaired) electrons. The van der Waals surface area contributed by atoms with E-state index in [-0.39, 0.29) is 0 Å². The maximum absolute atomic E-state index is 9.15. The fraction of sp³-hybridized carbons (Fsp3) is 0.280. The number of benzene rings is 2. The zero-order valence-corrected chi connectivity index (χ0v) is 17.5. The molecule has 6 heteroatoms. The highest BCUT2D eigenvalue weighted by molar-refractivity contribution is 5.86. The van der Waals surface area contributed by atoms with Crippen molar-refractivity contribution in [3.63, 3.8) is 0 Å². The minimum atomic E-state index is 0.557. The van der Waals surface area contributed by atoms with Crippen LogP contribution in [-0.2, 0) is 12.8 Å². The number of fused-ring (bicyclic) bond motifs is 2. The smallest absolute Gasteiger partial charge is 0.176 e. The second-order valence-electron chi connectivity index (χ2n) is 7.40. The van der Waals surface area contributed by atoms with E-state index in [1.54, 1.807) is 26.4 Å². The van der Waals surface area contributed by atoms with Crippen molar-refractivity contribution in [3.05, 3.63) is 59.0 Å². The van der Waals surface area contributed by atoms with E-state index in [9.17, 15) is 0 Å². The van der Waals surface area contributed by atoms with Gasteiger partial charge in [0, 0.05) is 35.7 Å². The molecule has 2 aromatic carbocycles. The Morgan fingerprint density at radius 1 is 0.677 bits per heavy atom. The first-order chi connectivity index (χ1) is 15.1. The average molecular weight is 414 g/mol. The Labute approximate surface area is 180 Å². The molecule has 2 aromatic heterocycles. The maximum Gasteiger partial charge on any atom is 0.176 e. The van der Waals surface area contributed by atoms with Crippen molar-refractivity contribution in [2.45, 2.75) is 32.1 Å². The van der Waals surface area contributed by atoms with Crippen LogP contribution >= 0.6 is 0 Å². The SMILES string of the molecule is COc1cc(C#N)cc2cc(CCCCCc3cc4cc(C#N)cc(OC)c4o3)oc12. The second-order valence-corrected chi connectivity index (χ2v) is 7.40. The fourth-order valence-corrected chi connectivity index (χ4v) is 3.80. The molecule has 0 saturated heterocycles. The first-order valence-corrected chi connectivity index (χ1v) is 10.2. The molecule has 0 unspecified atom stereocenters. The lowest BCUT2D eigenvalue weighted by atomic mass is 10.1. The van der Waals surface area contributed by atoms with Gasteiger partial charge in [-0.1, -0.05) is 6.42 Å². The molecule has 2 heterocycles. The van der Waals surface area contributed by atoms with Crippen LogP contribution in [0.2, 0.25) is 0 Å². The zero-order valence-electron chi connectivity index (χ0n) is 17.5. The molecule has 0 bridgehead atoms. The highest BCUT2D eigenvalue weighted by Crippen LogP contribution is 2.32. The molecule has 6 nitrogen and oxygen atoms in total. The van der Waals surface area contributed by atoms with Gasteiger partial charge in [0.05, 0.1) is 37.5 Å². The van der Waals surface area contributed by atoms with Crippen LogP contribution in [0.25, 0.3) is 21.9 Å². The normalized spacial score (nSPS) is 10.8. The van der Waals surface area contributed by atoms with Crippen molar-refractivity contribution in [1.82, 2.24) is 0 Å². The van der Waals surface area contributed by atoms with Crippen LogP contribution in [-0.4, -0.2) is 14.2 Å². The van der Waals surface area contributed by atoms with Gasteiger partial charge in [0.25, 0.3) is 0 Å². The van der Waals surface area contributed by atoms with Gasteiger partial charge in [0.15, 0.2) is 22.7 Å². The Balaban J connectivity index is 1.35. The summed E-state index contributed by atoms with van der Waals surface area (Å²) in [7, 11) is 3.15. The van der Waals surface area contributed by atoms with E-state index in [1.807, 2.05) is 24.3 Å². The Bertz CT molecular complexity index is 1220. The van der Waals surface area contributed by atoms with Gasteiger partial charge in [0.2, 0.25) is 0 Å². The Morgan fingerprint density at radius 3 is 1.52 bits per heavy atom. The summed E-state index contributed by atoms with van der Waals surface area (Å²) in [5.41, 5.74) is 2.48. The number of hydrogen-bond donors (Lipinski definition) is 0. The van der Waals surface area contributed by atoms with Gasteiger partial charge >= 0.3 is 0 Å². The number of unbranched alkanes of at least 4 members (excludes halogenated alkanes) is 2. The quantitative estimate of drug-likeness (QED) is 0.334. The molecule has 31 heavy (non-hydrogen) atoms. The molecule has 0 aliphatic carbocycles. The number of hydrogen-bond acceptors (Lipinski definition) is 6. The van der Waals surface area contributed by atoms with Crippen LogP contribution in [0.15, 0.2) is 45.2 Å². The zero-order chi connectivity index (χ0) is 21.8. The molecular formula is C25H22N2O4. The van der Waals surface area contributed by atoms with Gasteiger partial charge in [-0.05, 0) is 37.1 Å². The third-order valence-electron chi connectivity index (χ3n) is 5.31. The lowest BCUT2D eigenvalue weighted by Crippen LogP contribution is -1.86. The van der Waals surface area contributed by atoms with Gasteiger partial charge in [-0.3, -0.25) is 0 Å². The maximum atomic E-state index is 9.15. The van der Waals surface area contributed by atoms with Crippen LogP contribution in [0, 0.1) is 22.7 Å². The highest BCUT2D eigenvalue weighted by Gasteiger charge is 2.13. The Morgan fingerprint density at radius 2 is 1.13 bits per heavy atom. The summed E-state index contributed by atoms with van der Waals surface area (Å²) in [4.78, 5) is 0. The van der Waals surface area contributed by atoms with Crippen LogP contribution in [0.5, 0.6) is 11.5 Å². The second kappa shape index (κ2) is 8.85. The molecule has 4 aromatic rings. The van der Waals surface area contributed by atoms with E-state index in [4.69, 9.17) is 28.8 Å². The Kier molecular flexibility index (Phi) is 5.82. The number of aryl methyl sites for hydroxylation is 2. The van der Waals surface area contributed by atoms with E-state index in [1.165, 1.54) is 0 Å². The molecule has 0 spiro atoms. The molecular weight excluding hydrogens is 392 g/mol. The summed E-state index contributed by atoms with van der Waals surface area (Å²) in [5, 5.41) is 20.1. The summed E-state index contributed by atoms with van der Waals surface area (Å²) in [6, 6.07) is 15.3. The third kappa shape index (κ3) is 4.20. The third-order valence-corrected chi connectivity index (χ3v) is 5.31. The topological polar surface area (TPSA) is 92.3 Å². The fourth-order valence-electron chi connectivity index (χ4n) is 3.80. The molecule has 0 aliphatic rings. The molecule has 156 valence electrons. The average Bonchev–Trinajstić information content (AvgIpc) is 3.40. The Hall–Kier alpha value is -3.90. The number of nitrogens with zero attached hydrogens (tertiary/aromatic N) is 2. The summed E-state index contributed by atoms with van der Waals surface area (Å²) in [5.74, 6) is 2.95. The summed E-state index contributed by atoms with van der Waals surface area (Å²) in [6.45, 7) is 0. The summed E-state index contributed by atoms with van der Waals surface area (Å²) >= 11 is 0. The van der Waals surface area contributed by atoms with E-state index in [0.29, 0.717) is 33.8 Å². The number of rotatable bonds is 8. The van der Waals surface area contributed by atoms with Crippen LogP contribution in [0.1, 0.15) is 41.9 Å². The molecule has 0 fully saturated rings. The van der Waals surface area contributed by atoms with E-state index < -0.39 is 0 Å². The molecule has 0 aliphatic heterocycles. The van der Waals surface area contributed by atoms with Crippen molar-refractivity contribution in [3.8, 4) is 23.6 Å². The minimum Gasteiger partial charge on any atom is -0.493 e. The predicted molar refractivity (Wildman–Crippen MR) is 116 cm³/mol. The van der Waals surface area contributed by atoms with Crippen LogP contribution < -0.4 is 9.47 Å². The molecule has 0 saturated carbocycles. The molecule has 0 amide bonds. The first-order valence-electron chi connectivity index (χ1n) is 10.2. The highest BCUT2D eigenvalue weighted by atomic mass is 16.5. The number of methoxy groups -OCH3 is 2. The predicted octanol–water partition coefficient (Wildman–Crippen LogP) is 5.90. The van der Waals surface area contributed by atoms with Gasteiger partial charge in [-0.25, -0.2) is 0 Å². The van der Waals surface area contributed by atoms with Crippen LogP contribution in [0.4, 0.5) is 0 Å². The van der Waals surface area contributed by atoms with Crippen LogP contribution in [0.3, 0.4) is 0 Å². The minimum absolute atomic E-state index is 0.557. The van der Waals surface area contributed by atoms with E-state index >= 15 is 0 Å². The monoisotopic (exact) mass is 414 g/mol. The standard InChI is InChI=1S/C25H22N2O4/c1-28-22-10-16(14-26)8-18-12-20(30-24(18)22)6-4-3-5-7-21-13-19-9-17(15-27)11-23(29-2)25(19)31-21/h8-13H,3-7H2,1-2H3. The number of ether oxygens (including phenoxy) is 2. The largest absolute Gasteiger partial charge is 0.493 e. The molecule has 0 N–H and O–H groups in total. The van der Waals surface area contributed by atoms with Crippen molar-refractivity contribution in [1.29, 1.82) is 10.5 Å². The van der Waals surface area contributed by atoms with E-state index in [0.717, 1.165) is 54.4 Å². The van der Waals surface area contributed by atoms with Gasteiger partial charge in [-0.15, -0.1) is 0 Å². The number of furan rings is 2. The van der Waals surface area contributed by atoms with Gasteiger partial charge in [0.1, 0.15) is 11.5 Å². The van der Waals surface area contributed by atoms with Crippen molar-refractivity contribution in [2.75, 3.05) is 14.2 Å². The summed E-state index contributed by atoms with van der Waals surface area (Å²) < 4.78 is 22.6. The van der Waals surface area contributed by atoms with Crippen molar-refractivity contribution < 1.29 is 18.3 Å². The van der Waals surface area contributed by atoms with Gasteiger partial charge < -0.3 is 18.3 Å². The van der Waals surface area contributed by atoms with Crippen molar-refractivity contribution in [2.24, 2.45) is 0 Å².